The van der Waals surface area contributed by atoms with Crippen molar-refractivity contribution >= 4 is 29.1 Å². The lowest BCUT2D eigenvalue weighted by Crippen LogP contribution is -2.42. The highest BCUT2D eigenvalue weighted by Crippen LogP contribution is 2.19. The zero-order valence-electron chi connectivity index (χ0n) is 9.67. The molecule has 0 aliphatic rings. The number of carbonyl (C=O) groups excluding carboxylic acids is 2. The summed E-state index contributed by atoms with van der Waals surface area (Å²) in [5.74, 6) is -0.266. The Morgan fingerprint density at radius 2 is 1.94 bits per heavy atom. The van der Waals surface area contributed by atoms with Crippen LogP contribution >= 0.6 is 12.2 Å². The predicted octanol–water partition coefficient (Wildman–Crippen LogP) is 0.283. The number of para-hydroxylation sites is 1. The number of carbonyl (C=O) groups is 2. The average Bonchev–Trinajstić information content (AvgIpc) is 2.28. The second-order valence-corrected chi connectivity index (χ2v) is 3.91. The molecule has 1 rings (SSSR count). The molecule has 0 saturated carbocycles. The van der Waals surface area contributed by atoms with E-state index in [0.29, 0.717) is 11.3 Å². The van der Waals surface area contributed by atoms with Crippen molar-refractivity contribution < 1.29 is 14.3 Å². The zero-order valence-corrected chi connectivity index (χ0v) is 10.5. The molecule has 7 heteroatoms. The van der Waals surface area contributed by atoms with E-state index in [2.05, 4.69) is 0 Å². The van der Waals surface area contributed by atoms with Crippen LogP contribution in [0.1, 0.15) is 12.5 Å². The number of urea groups is 1. The number of nitrogens with two attached hydrogens (primary N) is 2. The Kier molecular flexibility index (Phi) is 4.61. The molecule has 18 heavy (non-hydrogen) atoms. The Balaban J connectivity index is 2.81. The van der Waals surface area contributed by atoms with Crippen molar-refractivity contribution in [1.29, 1.82) is 0 Å². The van der Waals surface area contributed by atoms with Gasteiger partial charge in [0.25, 0.3) is 5.91 Å². The molecular formula is C11H13N3O3S. The van der Waals surface area contributed by atoms with Gasteiger partial charge in [0.1, 0.15) is 10.7 Å². The van der Waals surface area contributed by atoms with Gasteiger partial charge in [0.15, 0.2) is 6.10 Å². The summed E-state index contributed by atoms with van der Waals surface area (Å²) in [4.78, 5) is 22.1. The monoisotopic (exact) mass is 267 g/mol. The number of thiocarbonyl (C=S) groups is 1. The fourth-order valence-corrected chi connectivity index (χ4v) is 1.41. The second kappa shape index (κ2) is 5.97. The summed E-state index contributed by atoms with van der Waals surface area (Å²) in [7, 11) is 0. The molecule has 6 nitrogen and oxygen atoms in total. The van der Waals surface area contributed by atoms with Gasteiger partial charge in [-0.05, 0) is 19.1 Å². The van der Waals surface area contributed by atoms with Gasteiger partial charge in [-0.1, -0.05) is 24.4 Å². The van der Waals surface area contributed by atoms with Crippen LogP contribution in [0.4, 0.5) is 4.79 Å². The van der Waals surface area contributed by atoms with Crippen molar-refractivity contribution in [2.24, 2.45) is 11.5 Å². The number of primary amides is 1. The van der Waals surface area contributed by atoms with E-state index < -0.39 is 18.0 Å². The molecule has 0 aliphatic carbocycles. The van der Waals surface area contributed by atoms with E-state index >= 15 is 0 Å². The highest BCUT2D eigenvalue weighted by Gasteiger charge is 2.17. The molecule has 0 heterocycles. The van der Waals surface area contributed by atoms with E-state index in [4.69, 9.17) is 28.4 Å². The first-order valence-corrected chi connectivity index (χ1v) is 5.48. The van der Waals surface area contributed by atoms with Crippen molar-refractivity contribution in [3.05, 3.63) is 29.8 Å². The molecule has 0 fully saturated rings. The number of benzene rings is 1. The minimum absolute atomic E-state index is 0.160. The molecule has 0 spiro atoms. The van der Waals surface area contributed by atoms with Crippen molar-refractivity contribution in [2.75, 3.05) is 0 Å². The molecular weight excluding hydrogens is 254 g/mol. The van der Waals surface area contributed by atoms with Crippen molar-refractivity contribution in [3.63, 3.8) is 0 Å². The largest absolute Gasteiger partial charge is 0.480 e. The SMILES string of the molecule is CC(Oc1ccccc1C(N)=S)C(=O)NC(N)=O. The third-order valence-corrected chi connectivity index (χ3v) is 2.29. The molecule has 0 aliphatic heterocycles. The highest BCUT2D eigenvalue weighted by molar-refractivity contribution is 7.80. The molecule has 0 saturated heterocycles. The van der Waals surface area contributed by atoms with Crippen LogP contribution in [-0.2, 0) is 4.79 Å². The van der Waals surface area contributed by atoms with Crippen molar-refractivity contribution in [2.45, 2.75) is 13.0 Å². The van der Waals surface area contributed by atoms with Crippen LogP contribution in [0, 0.1) is 0 Å². The molecule has 0 bridgehead atoms. The van der Waals surface area contributed by atoms with Gasteiger partial charge in [-0.15, -0.1) is 0 Å². The van der Waals surface area contributed by atoms with E-state index in [1.54, 1.807) is 24.3 Å². The molecule has 96 valence electrons. The van der Waals surface area contributed by atoms with Crippen molar-refractivity contribution in [1.82, 2.24) is 5.32 Å². The summed E-state index contributed by atoms with van der Waals surface area (Å²) in [6.07, 6.45) is -0.895. The van der Waals surface area contributed by atoms with Crippen LogP contribution in [0.25, 0.3) is 0 Å². The Hall–Kier alpha value is -2.15. The summed E-state index contributed by atoms with van der Waals surface area (Å²) < 4.78 is 5.38. The van der Waals surface area contributed by atoms with E-state index in [1.807, 2.05) is 5.32 Å². The molecule has 0 radical (unpaired) electrons. The van der Waals surface area contributed by atoms with Gasteiger partial charge in [-0.25, -0.2) is 4.79 Å². The highest BCUT2D eigenvalue weighted by atomic mass is 32.1. The standard InChI is InChI=1S/C11H13N3O3S/c1-6(10(15)14-11(13)16)17-8-5-3-2-4-7(8)9(12)18/h2-6H,1H3,(H2,12,18)(H3,13,14,15,16). The molecule has 3 amide bonds. The summed E-state index contributed by atoms with van der Waals surface area (Å²) in [6, 6.07) is 5.84. The first-order valence-electron chi connectivity index (χ1n) is 5.07. The minimum atomic E-state index is -0.932. The Labute approximate surface area is 109 Å². The number of nitrogens with one attached hydrogen (secondary N) is 1. The van der Waals surface area contributed by atoms with E-state index in [-0.39, 0.29) is 4.99 Å². The molecule has 0 aromatic heterocycles. The number of rotatable bonds is 4. The third-order valence-electron chi connectivity index (χ3n) is 2.07. The van der Waals surface area contributed by atoms with Crippen LogP contribution in [0.15, 0.2) is 24.3 Å². The maximum absolute atomic E-state index is 11.4. The van der Waals surface area contributed by atoms with Crippen LogP contribution in [0.5, 0.6) is 5.75 Å². The van der Waals surface area contributed by atoms with Gasteiger partial charge in [-0.3, -0.25) is 10.1 Å². The topological polar surface area (TPSA) is 107 Å². The lowest BCUT2D eigenvalue weighted by atomic mass is 10.2. The molecule has 1 aromatic carbocycles. The van der Waals surface area contributed by atoms with Crippen molar-refractivity contribution in [3.8, 4) is 5.75 Å². The number of amides is 3. The Morgan fingerprint density at radius 1 is 1.33 bits per heavy atom. The first kappa shape index (κ1) is 13.9. The summed E-state index contributed by atoms with van der Waals surface area (Å²) >= 11 is 4.86. The number of hydrogen-bond donors (Lipinski definition) is 3. The first-order chi connectivity index (χ1) is 8.41. The summed E-state index contributed by atoms with van der Waals surface area (Å²) in [5, 5.41) is 1.92. The predicted molar refractivity (Wildman–Crippen MR) is 70.1 cm³/mol. The summed E-state index contributed by atoms with van der Waals surface area (Å²) in [5.41, 5.74) is 10.9. The molecule has 1 unspecified atom stereocenters. The normalized spacial score (nSPS) is 11.4. The maximum atomic E-state index is 11.4. The fourth-order valence-electron chi connectivity index (χ4n) is 1.24. The minimum Gasteiger partial charge on any atom is -0.480 e. The lowest BCUT2D eigenvalue weighted by molar-refractivity contribution is -0.126. The van der Waals surface area contributed by atoms with Crippen LogP contribution in [0.3, 0.4) is 0 Å². The lowest BCUT2D eigenvalue weighted by Gasteiger charge is -2.15. The number of hydrogen-bond acceptors (Lipinski definition) is 4. The van der Waals surface area contributed by atoms with Gasteiger partial charge in [0.05, 0.1) is 5.56 Å². The summed E-state index contributed by atoms with van der Waals surface area (Å²) in [6.45, 7) is 1.48. The van der Waals surface area contributed by atoms with Crippen LogP contribution in [0.2, 0.25) is 0 Å². The smallest absolute Gasteiger partial charge is 0.318 e. The Morgan fingerprint density at radius 3 is 2.50 bits per heavy atom. The van der Waals surface area contributed by atoms with Crippen LogP contribution < -0.4 is 21.5 Å². The van der Waals surface area contributed by atoms with E-state index in [0.717, 1.165) is 0 Å². The van der Waals surface area contributed by atoms with Gasteiger partial charge >= 0.3 is 6.03 Å². The quantitative estimate of drug-likeness (QED) is 0.679. The Bertz CT molecular complexity index is 490. The van der Waals surface area contributed by atoms with Gasteiger partial charge in [0.2, 0.25) is 0 Å². The van der Waals surface area contributed by atoms with E-state index in [1.165, 1.54) is 6.92 Å². The van der Waals surface area contributed by atoms with E-state index in [9.17, 15) is 9.59 Å². The zero-order chi connectivity index (χ0) is 13.7. The van der Waals surface area contributed by atoms with Gasteiger partial charge < -0.3 is 16.2 Å². The molecule has 1 atom stereocenters. The van der Waals surface area contributed by atoms with Crippen LogP contribution in [-0.4, -0.2) is 23.0 Å². The number of ether oxygens (including phenoxy) is 1. The fraction of sp³-hybridized carbons (Fsp3) is 0.182. The average molecular weight is 267 g/mol. The molecule has 1 aromatic rings. The maximum Gasteiger partial charge on any atom is 0.318 e. The number of imide groups is 1. The van der Waals surface area contributed by atoms with Gasteiger partial charge in [0, 0.05) is 0 Å². The molecule has 5 N–H and O–H groups in total. The van der Waals surface area contributed by atoms with Gasteiger partial charge in [-0.2, -0.15) is 0 Å². The second-order valence-electron chi connectivity index (χ2n) is 3.47. The third kappa shape index (κ3) is 3.70.